The van der Waals surface area contributed by atoms with Crippen molar-refractivity contribution in [3.8, 4) is 16.9 Å². The average Bonchev–Trinajstić information content (AvgIpc) is 3.10. The third-order valence-electron chi connectivity index (χ3n) is 4.55. The van der Waals surface area contributed by atoms with Gasteiger partial charge < -0.3 is 10.4 Å². The highest BCUT2D eigenvalue weighted by atomic mass is 16.4. The Labute approximate surface area is 159 Å². The average molecular weight is 363 g/mol. The van der Waals surface area contributed by atoms with Gasteiger partial charge in [-0.1, -0.05) is 61.4 Å². The van der Waals surface area contributed by atoms with E-state index in [2.05, 4.69) is 36.5 Å². The molecule has 5 nitrogen and oxygen atoms in total. The van der Waals surface area contributed by atoms with Gasteiger partial charge in [0.05, 0.1) is 11.4 Å². The second-order valence-corrected chi connectivity index (χ2v) is 6.71. The van der Waals surface area contributed by atoms with E-state index in [1.807, 2.05) is 48.1 Å². The van der Waals surface area contributed by atoms with Crippen LogP contribution in [-0.4, -0.2) is 26.9 Å². The van der Waals surface area contributed by atoms with Crippen molar-refractivity contribution in [3.63, 3.8) is 0 Å². The predicted molar refractivity (Wildman–Crippen MR) is 107 cm³/mol. The van der Waals surface area contributed by atoms with Gasteiger partial charge in [-0.25, -0.2) is 4.68 Å². The van der Waals surface area contributed by atoms with E-state index in [0.717, 1.165) is 28.9 Å². The third kappa shape index (κ3) is 4.63. The monoisotopic (exact) mass is 363 g/mol. The van der Waals surface area contributed by atoms with Crippen LogP contribution in [0.2, 0.25) is 0 Å². The molecule has 5 heteroatoms. The molecule has 3 rings (SSSR count). The van der Waals surface area contributed by atoms with E-state index in [9.17, 15) is 9.90 Å². The molecule has 1 atom stereocenters. The van der Waals surface area contributed by atoms with Crippen molar-refractivity contribution in [3.05, 3.63) is 71.9 Å². The van der Waals surface area contributed by atoms with Crippen LogP contribution in [0, 0.1) is 6.92 Å². The highest BCUT2D eigenvalue weighted by molar-refractivity contribution is 5.73. The zero-order valence-corrected chi connectivity index (χ0v) is 15.7. The van der Waals surface area contributed by atoms with Crippen LogP contribution in [0.4, 0.5) is 0 Å². The molecule has 0 fully saturated rings. The zero-order valence-electron chi connectivity index (χ0n) is 15.7. The van der Waals surface area contributed by atoms with Crippen LogP contribution in [0.3, 0.4) is 0 Å². The van der Waals surface area contributed by atoms with Gasteiger partial charge in [-0.05, 0) is 25.5 Å². The van der Waals surface area contributed by atoms with E-state index in [1.54, 1.807) is 0 Å². The number of rotatable bonds is 8. The lowest BCUT2D eigenvalue weighted by atomic mass is 10.1. The van der Waals surface area contributed by atoms with Crippen molar-refractivity contribution in [1.29, 1.82) is 0 Å². The summed E-state index contributed by atoms with van der Waals surface area (Å²) in [4.78, 5) is 11.4. The Balaban J connectivity index is 1.93. The smallest absolute Gasteiger partial charge is 0.320 e. The van der Waals surface area contributed by atoms with Crippen molar-refractivity contribution < 1.29 is 9.90 Å². The molecule has 0 aliphatic rings. The first-order valence-corrected chi connectivity index (χ1v) is 9.25. The number of nitrogens with zero attached hydrogens (tertiary/aromatic N) is 2. The first-order valence-electron chi connectivity index (χ1n) is 9.25. The summed E-state index contributed by atoms with van der Waals surface area (Å²) in [6.07, 6.45) is 3.39. The molecule has 2 aromatic carbocycles. The van der Waals surface area contributed by atoms with E-state index in [-0.39, 0.29) is 0 Å². The highest BCUT2D eigenvalue weighted by Gasteiger charge is 2.18. The summed E-state index contributed by atoms with van der Waals surface area (Å²) in [6, 6.07) is 17.6. The molecule has 0 saturated carbocycles. The van der Waals surface area contributed by atoms with E-state index in [1.165, 1.54) is 5.56 Å². The topological polar surface area (TPSA) is 67.2 Å². The number of carboxylic acid groups (broad SMARTS) is 1. The highest BCUT2D eigenvalue weighted by Crippen LogP contribution is 2.24. The maximum absolute atomic E-state index is 11.4. The Morgan fingerprint density at radius 1 is 1.15 bits per heavy atom. The van der Waals surface area contributed by atoms with Crippen LogP contribution in [0.25, 0.3) is 16.9 Å². The Hall–Kier alpha value is -2.92. The fourth-order valence-electron chi connectivity index (χ4n) is 3.04. The van der Waals surface area contributed by atoms with E-state index in [0.29, 0.717) is 13.0 Å². The third-order valence-corrected chi connectivity index (χ3v) is 4.55. The molecule has 0 spiro atoms. The molecule has 0 aliphatic carbocycles. The molecular weight excluding hydrogens is 338 g/mol. The molecule has 0 saturated heterocycles. The van der Waals surface area contributed by atoms with Gasteiger partial charge in [0.15, 0.2) is 0 Å². The molecule has 1 aromatic heterocycles. The SMILES string of the molecule is CCCC(NCc1cn(-c2ccccc2)nc1-c1ccc(C)cc1)C(=O)O. The van der Waals surface area contributed by atoms with Gasteiger partial charge >= 0.3 is 5.97 Å². The van der Waals surface area contributed by atoms with E-state index in [4.69, 9.17) is 5.10 Å². The van der Waals surface area contributed by atoms with Crippen molar-refractivity contribution in [2.45, 2.75) is 39.3 Å². The summed E-state index contributed by atoms with van der Waals surface area (Å²) in [6.45, 7) is 4.49. The summed E-state index contributed by atoms with van der Waals surface area (Å²) in [5.41, 5.74) is 5.03. The molecule has 0 radical (unpaired) electrons. The molecular formula is C22H25N3O2. The molecule has 2 N–H and O–H groups in total. The molecule has 0 bridgehead atoms. The first-order chi connectivity index (χ1) is 13.1. The van der Waals surface area contributed by atoms with Crippen molar-refractivity contribution in [2.75, 3.05) is 0 Å². The molecule has 0 aliphatic heterocycles. The molecule has 1 heterocycles. The van der Waals surface area contributed by atoms with Crippen molar-refractivity contribution in [2.24, 2.45) is 0 Å². The number of aryl methyl sites for hydroxylation is 1. The van der Waals surface area contributed by atoms with E-state index >= 15 is 0 Å². The number of aromatic nitrogens is 2. The van der Waals surface area contributed by atoms with Crippen molar-refractivity contribution in [1.82, 2.24) is 15.1 Å². The van der Waals surface area contributed by atoms with Crippen LogP contribution < -0.4 is 5.32 Å². The second-order valence-electron chi connectivity index (χ2n) is 6.71. The quantitative estimate of drug-likeness (QED) is 0.630. The van der Waals surface area contributed by atoms with Gasteiger partial charge in [0.1, 0.15) is 6.04 Å². The maximum atomic E-state index is 11.4. The normalized spacial score (nSPS) is 12.1. The summed E-state index contributed by atoms with van der Waals surface area (Å²) in [5, 5.41) is 17.3. The fourth-order valence-corrected chi connectivity index (χ4v) is 3.04. The largest absolute Gasteiger partial charge is 0.480 e. The standard InChI is InChI=1S/C22H25N3O2/c1-3-7-20(22(26)27)23-14-18-15-25(19-8-5-4-6-9-19)24-21(18)17-12-10-16(2)11-13-17/h4-6,8-13,15,20,23H,3,7,14H2,1-2H3,(H,26,27). The number of benzene rings is 2. The lowest BCUT2D eigenvalue weighted by Crippen LogP contribution is -2.36. The summed E-state index contributed by atoms with van der Waals surface area (Å²) in [5.74, 6) is -0.816. The Bertz CT molecular complexity index is 886. The number of para-hydroxylation sites is 1. The van der Waals surface area contributed by atoms with Crippen molar-refractivity contribution >= 4 is 5.97 Å². The summed E-state index contributed by atoms with van der Waals surface area (Å²) < 4.78 is 1.85. The molecule has 3 aromatic rings. The van der Waals surface area contributed by atoms with Crippen LogP contribution in [-0.2, 0) is 11.3 Å². The van der Waals surface area contributed by atoms with Gasteiger partial charge in [0.25, 0.3) is 0 Å². The molecule has 1 unspecified atom stereocenters. The van der Waals surface area contributed by atoms with Gasteiger partial charge in [-0.15, -0.1) is 0 Å². The Morgan fingerprint density at radius 3 is 2.48 bits per heavy atom. The maximum Gasteiger partial charge on any atom is 0.320 e. The lowest BCUT2D eigenvalue weighted by molar-refractivity contribution is -0.139. The van der Waals surface area contributed by atoms with E-state index < -0.39 is 12.0 Å². The fraction of sp³-hybridized carbons (Fsp3) is 0.273. The summed E-state index contributed by atoms with van der Waals surface area (Å²) in [7, 11) is 0. The van der Waals surface area contributed by atoms with Gasteiger partial charge in [0.2, 0.25) is 0 Å². The van der Waals surface area contributed by atoms with Gasteiger partial charge in [-0.3, -0.25) is 4.79 Å². The zero-order chi connectivity index (χ0) is 19.2. The number of aliphatic carboxylic acids is 1. The molecule has 27 heavy (non-hydrogen) atoms. The predicted octanol–water partition coefficient (Wildman–Crippen LogP) is 4.19. The first kappa shape index (κ1) is 18.9. The van der Waals surface area contributed by atoms with Crippen LogP contribution in [0.5, 0.6) is 0 Å². The molecule has 140 valence electrons. The number of carboxylic acids is 1. The lowest BCUT2D eigenvalue weighted by Gasteiger charge is -2.13. The number of nitrogens with one attached hydrogen (secondary N) is 1. The van der Waals surface area contributed by atoms with Gasteiger partial charge in [0, 0.05) is 23.9 Å². The minimum Gasteiger partial charge on any atom is -0.480 e. The number of hydrogen-bond acceptors (Lipinski definition) is 3. The Morgan fingerprint density at radius 2 is 1.85 bits per heavy atom. The molecule has 0 amide bonds. The summed E-state index contributed by atoms with van der Waals surface area (Å²) >= 11 is 0. The number of hydrogen-bond donors (Lipinski definition) is 2. The van der Waals surface area contributed by atoms with Crippen LogP contribution >= 0.6 is 0 Å². The minimum absolute atomic E-state index is 0.451. The second kappa shape index (κ2) is 8.64. The van der Waals surface area contributed by atoms with Crippen LogP contribution in [0.1, 0.15) is 30.9 Å². The van der Waals surface area contributed by atoms with Crippen LogP contribution in [0.15, 0.2) is 60.8 Å². The van der Waals surface area contributed by atoms with Gasteiger partial charge in [-0.2, -0.15) is 5.10 Å². The minimum atomic E-state index is -0.816. The number of carbonyl (C=O) groups is 1. The Kier molecular flexibility index (Phi) is 6.04.